The van der Waals surface area contributed by atoms with E-state index in [-0.39, 0.29) is 0 Å². The number of halogens is 1. The molecule has 13 heavy (non-hydrogen) atoms. The Labute approximate surface area is 90.7 Å². The molecular formula is C11H15ClS. The predicted molar refractivity (Wildman–Crippen MR) is 62.9 cm³/mol. The summed E-state index contributed by atoms with van der Waals surface area (Å²) in [5.41, 5.74) is 2.51. The van der Waals surface area contributed by atoms with E-state index >= 15 is 0 Å². The molecule has 1 unspecified atom stereocenters. The zero-order valence-electron chi connectivity index (χ0n) is 8.05. The maximum Gasteiger partial charge on any atom is 0.0435 e. The van der Waals surface area contributed by atoms with Crippen molar-refractivity contribution in [3.05, 3.63) is 34.3 Å². The van der Waals surface area contributed by atoms with Gasteiger partial charge in [-0.15, -0.1) is 0 Å². The van der Waals surface area contributed by atoms with Gasteiger partial charge in [0.1, 0.15) is 0 Å². The fourth-order valence-electron chi connectivity index (χ4n) is 1.30. The molecule has 0 heterocycles. The molecule has 0 radical (unpaired) electrons. The first-order chi connectivity index (χ1) is 6.13. The van der Waals surface area contributed by atoms with E-state index < -0.39 is 0 Å². The van der Waals surface area contributed by atoms with Gasteiger partial charge in [0.2, 0.25) is 0 Å². The van der Waals surface area contributed by atoms with Gasteiger partial charge in [0.25, 0.3) is 0 Å². The molecule has 0 bridgehead atoms. The van der Waals surface area contributed by atoms with E-state index in [4.69, 9.17) is 11.6 Å². The van der Waals surface area contributed by atoms with E-state index in [2.05, 4.69) is 31.7 Å². The molecule has 0 aliphatic rings. The molecule has 72 valence electrons. The third-order valence-electron chi connectivity index (χ3n) is 2.12. The Morgan fingerprint density at radius 3 is 2.69 bits per heavy atom. The Bertz CT molecular complexity index is 283. The van der Waals surface area contributed by atoms with Crippen LogP contribution in [0.5, 0.6) is 0 Å². The summed E-state index contributed by atoms with van der Waals surface area (Å²) in [6.45, 7) is 4.24. The summed E-state index contributed by atoms with van der Waals surface area (Å²) in [4.78, 5) is 0. The van der Waals surface area contributed by atoms with Crippen molar-refractivity contribution in [2.75, 3.05) is 5.75 Å². The summed E-state index contributed by atoms with van der Waals surface area (Å²) < 4.78 is 0. The average molecular weight is 215 g/mol. The van der Waals surface area contributed by atoms with Crippen molar-refractivity contribution in [1.29, 1.82) is 0 Å². The largest absolute Gasteiger partial charge is 0.179 e. The number of benzene rings is 1. The van der Waals surface area contributed by atoms with Crippen LogP contribution in [0.25, 0.3) is 0 Å². The lowest BCUT2D eigenvalue weighted by Gasteiger charge is -2.08. The number of thiol groups is 1. The van der Waals surface area contributed by atoms with E-state index in [9.17, 15) is 0 Å². The molecule has 0 fully saturated rings. The van der Waals surface area contributed by atoms with Crippen molar-refractivity contribution in [2.24, 2.45) is 5.92 Å². The number of hydrogen-bond donors (Lipinski definition) is 1. The summed E-state index contributed by atoms with van der Waals surface area (Å²) in [5.74, 6) is 1.56. The van der Waals surface area contributed by atoms with Crippen LogP contribution in [0.4, 0.5) is 0 Å². The van der Waals surface area contributed by atoms with Gasteiger partial charge < -0.3 is 0 Å². The third kappa shape index (κ3) is 3.24. The number of rotatable bonds is 3. The molecule has 0 saturated carbocycles. The highest BCUT2D eigenvalue weighted by Crippen LogP contribution is 2.18. The van der Waals surface area contributed by atoms with Gasteiger partial charge in [-0.05, 0) is 42.2 Å². The minimum absolute atomic E-state index is 0.629. The molecular weight excluding hydrogens is 200 g/mol. The fourth-order valence-corrected chi connectivity index (χ4v) is 1.55. The molecule has 2 heteroatoms. The van der Waals surface area contributed by atoms with Crippen LogP contribution in [-0.4, -0.2) is 5.75 Å². The van der Waals surface area contributed by atoms with E-state index in [1.54, 1.807) is 0 Å². The summed E-state index contributed by atoms with van der Waals surface area (Å²) in [7, 11) is 0. The topological polar surface area (TPSA) is 0 Å². The molecule has 1 rings (SSSR count). The first-order valence-electron chi connectivity index (χ1n) is 4.49. The minimum atomic E-state index is 0.629. The van der Waals surface area contributed by atoms with Crippen LogP contribution in [0.1, 0.15) is 18.1 Å². The van der Waals surface area contributed by atoms with Gasteiger partial charge >= 0.3 is 0 Å². The third-order valence-corrected chi connectivity index (χ3v) is 3.17. The highest BCUT2D eigenvalue weighted by molar-refractivity contribution is 7.80. The summed E-state index contributed by atoms with van der Waals surface area (Å²) in [6.07, 6.45) is 1.08. The Morgan fingerprint density at radius 2 is 2.15 bits per heavy atom. The molecule has 0 aliphatic carbocycles. The van der Waals surface area contributed by atoms with Gasteiger partial charge in [-0.25, -0.2) is 0 Å². The van der Waals surface area contributed by atoms with Crippen molar-refractivity contribution in [1.82, 2.24) is 0 Å². The number of hydrogen-bond acceptors (Lipinski definition) is 1. The second-order valence-corrected chi connectivity index (χ2v) is 4.35. The summed E-state index contributed by atoms with van der Waals surface area (Å²) in [6, 6.07) is 6.22. The van der Waals surface area contributed by atoms with Crippen LogP contribution in [0.3, 0.4) is 0 Å². The second-order valence-electron chi connectivity index (χ2n) is 3.58. The van der Waals surface area contributed by atoms with Gasteiger partial charge in [-0.1, -0.05) is 30.7 Å². The van der Waals surface area contributed by atoms with Crippen LogP contribution in [0.2, 0.25) is 5.02 Å². The molecule has 0 N–H and O–H groups in total. The van der Waals surface area contributed by atoms with Crippen LogP contribution in [0.15, 0.2) is 18.2 Å². The SMILES string of the molecule is Cc1cc(CC(C)CS)ccc1Cl. The quantitative estimate of drug-likeness (QED) is 0.728. The average Bonchev–Trinajstić information content (AvgIpc) is 2.11. The molecule has 1 atom stereocenters. The van der Waals surface area contributed by atoms with Gasteiger partial charge in [-0.2, -0.15) is 12.6 Å². The van der Waals surface area contributed by atoms with E-state index in [0.29, 0.717) is 5.92 Å². The van der Waals surface area contributed by atoms with Crippen LogP contribution < -0.4 is 0 Å². The lowest BCUT2D eigenvalue weighted by molar-refractivity contribution is 0.660. The van der Waals surface area contributed by atoms with Crippen molar-refractivity contribution >= 4 is 24.2 Å². The highest BCUT2D eigenvalue weighted by atomic mass is 35.5. The van der Waals surface area contributed by atoms with Gasteiger partial charge in [0.15, 0.2) is 0 Å². The Morgan fingerprint density at radius 1 is 1.46 bits per heavy atom. The molecule has 0 aromatic heterocycles. The molecule has 0 amide bonds. The maximum absolute atomic E-state index is 5.94. The normalized spacial score (nSPS) is 12.9. The molecule has 0 aliphatic heterocycles. The standard InChI is InChI=1S/C11H15ClS/c1-8(7-13)5-10-3-4-11(12)9(2)6-10/h3-4,6,8,13H,5,7H2,1-2H3. The van der Waals surface area contributed by atoms with Gasteiger partial charge in [-0.3, -0.25) is 0 Å². The Hall–Kier alpha value is -0.140. The van der Waals surface area contributed by atoms with Crippen LogP contribution in [-0.2, 0) is 6.42 Å². The first-order valence-corrected chi connectivity index (χ1v) is 5.50. The summed E-state index contributed by atoms with van der Waals surface area (Å²) in [5, 5.41) is 0.849. The lowest BCUT2D eigenvalue weighted by atomic mass is 10.0. The molecule has 1 aromatic carbocycles. The maximum atomic E-state index is 5.94. The zero-order valence-corrected chi connectivity index (χ0v) is 9.70. The van der Waals surface area contributed by atoms with Gasteiger partial charge in [0.05, 0.1) is 0 Å². The van der Waals surface area contributed by atoms with E-state index in [1.807, 2.05) is 13.0 Å². The van der Waals surface area contributed by atoms with Crippen molar-refractivity contribution in [3.63, 3.8) is 0 Å². The van der Waals surface area contributed by atoms with Crippen LogP contribution in [0, 0.1) is 12.8 Å². The monoisotopic (exact) mass is 214 g/mol. The molecule has 0 spiro atoms. The van der Waals surface area contributed by atoms with Crippen molar-refractivity contribution in [3.8, 4) is 0 Å². The lowest BCUT2D eigenvalue weighted by Crippen LogP contribution is -2.01. The minimum Gasteiger partial charge on any atom is -0.179 e. The fraction of sp³-hybridized carbons (Fsp3) is 0.455. The first kappa shape index (κ1) is 10.9. The summed E-state index contributed by atoms with van der Waals surface area (Å²) >= 11 is 10.2. The van der Waals surface area contributed by atoms with E-state index in [0.717, 1.165) is 22.8 Å². The van der Waals surface area contributed by atoms with Gasteiger partial charge in [0, 0.05) is 5.02 Å². The molecule has 0 nitrogen and oxygen atoms in total. The smallest absolute Gasteiger partial charge is 0.0435 e. The Kier molecular flexibility index (Phi) is 4.14. The zero-order chi connectivity index (χ0) is 9.84. The van der Waals surface area contributed by atoms with Crippen molar-refractivity contribution in [2.45, 2.75) is 20.3 Å². The predicted octanol–water partition coefficient (Wildman–Crippen LogP) is 3.76. The van der Waals surface area contributed by atoms with Crippen molar-refractivity contribution < 1.29 is 0 Å². The molecule has 1 aromatic rings. The highest BCUT2D eigenvalue weighted by Gasteiger charge is 2.02. The number of aryl methyl sites for hydroxylation is 1. The Balaban J connectivity index is 2.73. The second kappa shape index (κ2) is 4.92. The molecule has 0 saturated heterocycles. The van der Waals surface area contributed by atoms with Crippen LogP contribution >= 0.6 is 24.2 Å². The van der Waals surface area contributed by atoms with E-state index in [1.165, 1.54) is 5.56 Å².